The van der Waals surface area contributed by atoms with E-state index < -0.39 is 17.8 Å². The summed E-state index contributed by atoms with van der Waals surface area (Å²) in [5.74, 6) is -0.280. The summed E-state index contributed by atoms with van der Waals surface area (Å²) in [5, 5.41) is 9.98. The Labute approximate surface area is 244 Å². The lowest BCUT2D eigenvalue weighted by Crippen LogP contribution is -2.56. The van der Waals surface area contributed by atoms with Crippen molar-refractivity contribution in [3.8, 4) is 11.1 Å². The fourth-order valence-corrected chi connectivity index (χ4v) is 5.14. The van der Waals surface area contributed by atoms with Crippen molar-refractivity contribution in [2.45, 2.75) is 51.7 Å². The lowest BCUT2D eigenvalue weighted by molar-refractivity contribution is -0.258. The first-order valence-electron chi connectivity index (χ1n) is 14.1. The van der Waals surface area contributed by atoms with Crippen molar-refractivity contribution in [1.29, 1.82) is 0 Å². The van der Waals surface area contributed by atoms with Gasteiger partial charge in [0.1, 0.15) is 12.6 Å². The molecule has 0 saturated carbocycles. The Kier molecular flexibility index (Phi) is 10.4. The van der Waals surface area contributed by atoms with Gasteiger partial charge in [0, 0.05) is 51.7 Å². The molecule has 3 aromatic rings. The molecule has 2 atom stereocenters. The van der Waals surface area contributed by atoms with Crippen molar-refractivity contribution < 1.29 is 32.5 Å². The van der Waals surface area contributed by atoms with Crippen LogP contribution < -0.4 is 0 Å². The molecule has 0 bridgehead atoms. The number of carbonyl (C=O) groups is 1. The standard InChI is InChI=1S/C32H38F3N3O4/c1-4-41-17-18-42-30(39)29-22-37(20-24-11-13-36-14-12-24)15-16-38(29)21-25-5-10-28(23(2)19-25)26-6-8-27(9-7-26)31(3,40)32(33,34)35/h5-14,19,29,40H,4,15-18,20-22H2,1-3H3/t29-,31?/m1/s1. The average Bonchev–Trinajstić information content (AvgIpc) is 2.96. The van der Waals surface area contributed by atoms with Crippen LogP contribution >= 0.6 is 0 Å². The zero-order chi connectivity index (χ0) is 30.3. The van der Waals surface area contributed by atoms with Gasteiger partial charge in [0.2, 0.25) is 0 Å². The number of alkyl halides is 3. The normalized spacial score (nSPS) is 18.0. The van der Waals surface area contributed by atoms with Crippen LogP contribution in [0.2, 0.25) is 0 Å². The molecule has 10 heteroatoms. The predicted molar refractivity (Wildman–Crippen MR) is 153 cm³/mol. The minimum Gasteiger partial charge on any atom is -0.462 e. The largest absolute Gasteiger partial charge is 0.462 e. The van der Waals surface area contributed by atoms with E-state index in [0.717, 1.165) is 41.3 Å². The van der Waals surface area contributed by atoms with Gasteiger partial charge in [-0.2, -0.15) is 13.2 Å². The van der Waals surface area contributed by atoms with Gasteiger partial charge in [0.25, 0.3) is 0 Å². The Bertz CT molecular complexity index is 1320. The van der Waals surface area contributed by atoms with Gasteiger partial charge in [-0.3, -0.25) is 19.6 Å². The number of hydrogen-bond donors (Lipinski definition) is 1. The van der Waals surface area contributed by atoms with Gasteiger partial charge in [0.15, 0.2) is 5.60 Å². The van der Waals surface area contributed by atoms with E-state index in [1.165, 1.54) is 12.1 Å². The third-order valence-corrected chi connectivity index (χ3v) is 7.67. The first-order valence-corrected chi connectivity index (χ1v) is 14.1. The van der Waals surface area contributed by atoms with E-state index >= 15 is 0 Å². The SMILES string of the molecule is CCOCCOC(=O)[C@H]1CN(Cc2ccncc2)CCN1Cc1ccc(-c2ccc(C(C)(O)C(F)(F)F)cc2)c(C)c1. The van der Waals surface area contributed by atoms with Crippen LogP contribution in [0.3, 0.4) is 0 Å². The Morgan fingerprint density at radius 1 is 1.00 bits per heavy atom. The van der Waals surface area contributed by atoms with Crippen LogP contribution in [0, 0.1) is 6.92 Å². The number of rotatable bonds is 11. The zero-order valence-corrected chi connectivity index (χ0v) is 24.2. The van der Waals surface area contributed by atoms with Gasteiger partial charge in [-0.15, -0.1) is 0 Å². The zero-order valence-electron chi connectivity index (χ0n) is 24.2. The number of benzene rings is 2. The minimum atomic E-state index is -4.77. The van der Waals surface area contributed by atoms with E-state index in [4.69, 9.17) is 9.47 Å². The molecule has 42 heavy (non-hydrogen) atoms. The Morgan fingerprint density at radius 2 is 1.71 bits per heavy atom. The second-order valence-electron chi connectivity index (χ2n) is 10.7. The molecule has 4 rings (SSSR count). The summed E-state index contributed by atoms with van der Waals surface area (Å²) in [5.41, 5.74) is 1.59. The van der Waals surface area contributed by atoms with E-state index in [1.807, 2.05) is 44.2 Å². The number of ether oxygens (including phenoxy) is 2. The molecule has 0 radical (unpaired) electrons. The Hall–Kier alpha value is -3.31. The summed E-state index contributed by atoms with van der Waals surface area (Å²) >= 11 is 0. The van der Waals surface area contributed by atoms with Crippen LogP contribution in [0.15, 0.2) is 67.0 Å². The number of piperazine rings is 1. The third kappa shape index (κ3) is 7.74. The monoisotopic (exact) mass is 585 g/mol. The molecule has 2 aromatic carbocycles. The molecule has 0 amide bonds. The number of halogens is 3. The van der Waals surface area contributed by atoms with E-state index in [1.54, 1.807) is 24.5 Å². The molecular formula is C32H38F3N3O4. The fraction of sp³-hybridized carbons (Fsp3) is 0.438. The molecule has 1 saturated heterocycles. The number of esters is 1. The Balaban J connectivity index is 1.47. The van der Waals surface area contributed by atoms with Crippen LogP contribution in [0.1, 0.15) is 36.1 Å². The van der Waals surface area contributed by atoms with E-state index in [2.05, 4.69) is 14.8 Å². The van der Waals surface area contributed by atoms with Gasteiger partial charge in [0.05, 0.1) is 6.61 Å². The van der Waals surface area contributed by atoms with Crippen molar-refractivity contribution >= 4 is 5.97 Å². The summed E-state index contributed by atoms with van der Waals surface area (Å²) in [7, 11) is 0. The van der Waals surface area contributed by atoms with Crippen LogP contribution in [-0.2, 0) is 33.0 Å². The molecule has 1 aliphatic heterocycles. The highest BCUT2D eigenvalue weighted by Crippen LogP contribution is 2.39. The second-order valence-corrected chi connectivity index (χ2v) is 10.7. The Morgan fingerprint density at radius 3 is 2.36 bits per heavy atom. The van der Waals surface area contributed by atoms with Gasteiger partial charge >= 0.3 is 12.1 Å². The molecule has 2 heterocycles. The van der Waals surface area contributed by atoms with Crippen LogP contribution in [-0.4, -0.2) is 77.5 Å². The van der Waals surface area contributed by atoms with E-state index in [-0.39, 0.29) is 18.1 Å². The van der Waals surface area contributed by atoms with Crippen LogP contribution in [0.5, 0.6) is 0 Å². The van der Waals surface area contributed by atoms with Crippen molar-refractivity contribution in [3.63, 3.8) is 0 Å². The first-order chi connectivity index (χ1) is 20.0. The highest BCUT2D eigenvalue weighted by molar-refractivity contribution is 5.76. The van der Waals surface area contributed by atoms with Crippen molar-refractivity contribution in [1.82, 2.24) is 14.8 Å². The predicted octanol–water partition coefficient (Wildman–Crippen LogP) is 5.09. The molecule has 1 aromatic heterocycles. The van der Waals surface area contributed by atoms with Gasteiger partial charge in [-0.1, -0.05) is 42.5 Å². The summed E-state index contributed by atoms with van der Waals surface area (Å²) in [6, 6.07) is 15.2. The average molecular weight is 586 g/mol. The van der Waals surface area contributed by atoms with Gasteiger partial charge < -0.3 is 14.6 Å². The van der Waals surface area contributed by atoms with Crippen LogP contribution in [0.4, 0.5) is 13.2 Å². The maximum atomic E-state index is 13.2. The number of aromatic nitrogens is 1. The molecule has 0 aliphatic carbocycles. The first kappa shape index (κ1) is 31.6. The third-order valence-electron chi connectivity index (χ3n) is 7.67. The molecule has 1 N–H and O–H groups in total. The summed E-state index contributed by atoms with van der Waals surface area (Å²) in [6.07, 6.45) is -1.25. The number of carbonyl (C=O) groups excluding carboxylic acids is 1. The molecule has 1 aliphatic rings. The van der Waals surface area contributed by atoms with E-state index in [0.29, 0.717) is 39.4 Å². The highest BCUT2D eigenvalue weighted by atomic mass is 19.4. The molecule has 0 spiro atoms. The summed E-state index contributed by atoms with van der Waals surface area (Å²) in [4.78, 5) is 21.6. The number of hydrogen-bond acceptors (Lipinski definition) is 7. The summed E-state index contributed by atoms with van der Waals surface area (Å²) in [6.45, 7) is 8.95. The van der Waals surface area contributed by atoms with Crippen LogP contribution in [0.25, 0.3) is 11.1 Å². The number of aryl methyl sites for hydroxylation is 1. The van der Waals surface area contributed by atoms with Crippen molar-refractivity contribution in [3.05, 3.63) is 89.2 Å². The number of nitrogens with zero attached hydrogens (tertiary/aromatic N) is 3. The second kappa shape index (κ2) is 13.8. The highest BCUT2D eigenvalue weighted by Gasteiger charge is 2.51. The number of aliphatic hydroxyl groups is 1. The van der Waals surface area contributed by atoms with Gasteiger partial charge in [-0.25, -0.2) is 0 Å². The van der Waals surface area contributed by atoms with Crippen molar-refractivity contribution in [2.24, 2.45) is 0 Å². The molecular weight excluding hydrogens is 547 g/mol. The summed E-state index contributed by atoms with van der Waals surface area (Å²) < 4.78 is 50.6. The lowest BCUT2D eigenvalue weighted by Gasteiger charge is -2.40. The molecule has 1 fully saturated rings. The smallest absolute Gasteiger partial charge is 0.421 e. The lowest BCUT2D eigenvalue weighted by atomic mass is 9.92. The maximum absolute atomic E-state index is 13.2. The van der Waals surface area contributed by atoms with Gasteiger partial charge in [-0.05, 0) is 66.3 Å². The molecule has 7 nitrogen and oxygen atoms in total. The fourth-order valence-electron chi connectivity index (χ4n) is 5.14. The quantitative estimate of drug-likeness (QED) is 0.248. The molecule has 1 unspecified atom stereocenters. The maximum Gasteiger partial charge on any atom is 0.421 e. The molecule has 226 valence electrons. The number of pyridine rings is 1. The van der Waals surface area contributed by atoms with Crippen molar-refractivity contribution in [2.75, 3.05) is 39.5 Å². The van der Waals surface area contributed by atoms with E-state index in [9.17, 15) is 23.1 Å². The topological polar surface area (TPSA) is 75.1 Å². The minimum absolute atomic E-state index is 0.201.